The van der Waals surface area contributed by atoms with Crippen molar-refractivity contribution in [1.82, 2.24) is 9.80 Å². The van der Waals surface area contributed by atoms with E-state index in [1.165, 1.54) is 29.2 Å². The molecule has 0 atom stereocenters. The molecule has 1 saturated heterocycles. The molecule has 6 nitrogen and oxygen atoms in total. The summed E-state index contributed by atoms with van der Waals surface area (Å²) in [6, 6.07) is 7.88. The Kier molecular flexibility index (Phi) is 5.85. The fraction of sp³-hybridized carbons (Fsp3) is 0.438. The van der Waals surface area contributed by atoms with Crippen molar-refractivity contribution >= 4 is 12.0 Å². The molecule has 134 valence electrons. The number of carbonyl (C=O) groups excluding carboxylic acids is 2. The molecule has 9 heteroatoms. The van der Waals surface area contributed by atoms with Gasteiger partial charge < -0.3 is 14.5 Å². The van der Waals surface area contributed by atoms with E-state index < -0.39 is 24.7 Å². The third-order valence-corrected chi connectivity index (χ3v) is 3.62. The maximum atomic E-state index is 12.8. The Hall–Kier alpha value is -2.76. The quantitative estimate of drug-likeness (QED) is 0.785. The van der Waals surface area contributed by atoms with E-state index in [9.17, 15) is 22.8 Å². The van der Waals surface area contributed by atoms with Crippen LogP contribution in [0.2, 0.25) is 0 Å². The number of halogens is 3. The smallest absolute Gasteiger partial charge is 0.409 e. The normalized spacial score (nSPS) is 14.2. The third kappa shape index (κ3) is 5.67. The summed E-state index contributed by atoms with van der Waals surface area (Å²) >= 11 is 0. The molecule has 1 aromatic carbocycles. The van der Waals surface area contributed by atoms with Crippen LogP contribution in [0.3, 0.4) is 0 Å². The minimum atomic E-state index is -4.53. The van der Waals surface area contributed by atoms with Gasteiger partial charge in [0.15, 0.2) is 0 Å². The average molecular weight is 355 g/mol. The third-order valence-electron chi connectivity index (χ3n) is 3.62. The van der Waals surface area contributed by atoms with Gasteiger partial charge in [-0.3, -0.25) is 4.79 Å². The SMILES string of the molecule is N#Cc1ccc(CN(CC(F)(F)F)C(=O)CCN2CCOC2=O)cc1. The number of ether oxygens (including phenoxy) is 1. The molecule has 1 fully saturated rings. The summed E-state index contributed by atoms with van der Waals surface area (Å²) < 4.78 is 43.0. The largest absolute Gasteiger partial charge is 0.448 e. The van der Waals surface area contributed by atoms with Gasteiger partial charge in [-0.2, -0.15) is 18.4 Å². The second kappa shape index (κ2) is 7.88. The first kappa shape index (κ1) is 18.6. The lowest BCUT2D eigenvalue weighted by atomic mass is 10.1. The topological polar surface area (TPSA) is 73.6 Å². The standard InChI is InChI=1S/C16H16F3N3O3/c17-16(18,19)11-22(10-13-3-1-12(9-20)2-4-13)14(23)5-6-21-7-8-25-15(21)24/h1-4H,5-8,10-11H2. The maximum absolute atomic E-state index is 12.8. The second-order valence-corrected chi connectivity index (χ2v) is 5.53. The molecule has 0 spiro atoms. The van der Waals surface area contributed by atoms with Crippen LogP contribution in [0.4, 0.5) is 18.0 Å². The number of hydrogen-bond acceptors (Lipinski definition) is 4. The second-order valence-electron chi connectivity index (χ2n) is 5.53. The first-order valence-electron chi connectivity index (χ1n) is 7.54. The van der Waals surface area contributed by atoms with Crippen molar-refractivity contribution in [2.24, 2.45) is 0 Å². The highest BCUT2D eigenvalue weighted by Gasteiger charge is 2.33. The van der Waals surface area contributed by atoms with Gasteiger partial charge in [0, 0.05) is 19.5 Å². The Bertz CT molecular complexity index is 668. The molecule has 0 aromatic heterocycles. The van der Waals surface area contributed by atoms with Crippen LogP contribution in [-0.2, 0) is 16.1 Å². The zero-order valence-corrected chi connectivity index (χ0v) is 13.3. The summed E-state index contributed by atoms with van der Waals surface area (Å²) in [5, 5.41) is 8.74. The van der Waals surface area contributed by atoms with Gasteiger partial charge in [-0.25, -0.2) is 4.79 Å². The monoisotopic (exact) mass is 355 g/mol. The van der Waals surface area contributed by atoms with Gasteiger partial charge in [0.05, 0.1) is 18.2 Å². The van der Waals surface area contributed by atoms with Crippen molar-refractivity contribution in [3.63, 3.8) is 0 Å². The molecule has 1 heterocycles. The molecule has 0 aliphatic carbocycles. The van der Waals surface area contributed by atoms with E-state index in [1.807, 2.05) is 6.07 Å². The van der Waals surface area contributed by atoms with Crippen LogP contribution >= 0.6 is 0 Å². The molecule has 0 bridgehead atoms. The Labute approximate surface area is 142 Å². The first-order valence-corrected chi connectivity index (χ1v) is 7.54. The molecule has 0 unspecified atom stereocenters. The van der Waals surface area contributed by atoms with Crippen LogP contribution in [0.1, 0.15) is 17.5 Å². The van der Waals surface area contributed by atoms with Crippen LogP contribution in [0, 0.1) is 11.3 Å². The number of hydrogen-bond donors (Lipinski definition) is 0. The summed E-state index contributed by atoms with van der Waals surface area (Å²) in [7, 11) is 0. The molecule has 25 heavy (non-hydrogen) atoms. The first-order chi connectivity index (χ1) is 11.8. The van der Waals surface area contributed by atoms with Gasteiger partial charge in [-0.15, -0.1) is 0 Å². The lowest BCUT2D eigenvalue weighted by Crippen LogP contribution is -2.40. The molecule has 1 aromatic rings. The molecule has 0 radical (unpaired) electrons. The van der Waals surface area contributed by atoms with Crippen LogP contribution in [0.25, 0.3) is 0 Å². The van der Waals surface area contributed by atoms with Gasteiger partial charge in [0.2, 0.25) is 5.91 Å². The molecule has 1 aliphatic heterocycles. The Balaban J connectivity index is 2.01. The summed E-state index contributed by atoms with van der Waals surface area (Å²) in [5.74, 6) is -0.707. The van der Waals surface area contributed by atoms with Gasteiger partial charge in [-0.05, 0) is 17.7 Å². The molecule has 0 saturated carbocycles. The highest BCUT2D eigenvalue weighted by Crippen LogP contribution is 2.19. The van der Waals surface area contributed by atoms with Crippen molar-refractivity contribution in [1.29, 1.82) is 5.26 Å². The van der Waals surface area contributed by atoms with E-state index in [-0.39, 0.29) is 26.1 Å². The molecule has 2 rings (SSSR count). The van der Waals surface area contributed by atoms with Crippen LogP contribution in [0.5, 0.6) is 0 Å². The van der Waals surface area contributed by atoms with Gasteiger partial charge >= 0.3 is 12.3 Å². The van der Waals surface area contributed by atoms with Gasteiger partial charge in [0.25, 0.3) is 0 Å². The van der Waals surface area contributed by atoms with E-state index >= 15 is 0 Å². The van der Waals surface area contributed by atoms with Crippen molar-refractivity contribution in [2.75, 3.05) is 26.2 Å². The van der Waals surface area contributed by atoms with Crippen molar-refractivity contribution in [3.05, 3.63) is 35.4 Å². The number of alkyl halides is 3. The van der Waals surface area contributed by atoms with E-state index in [0.717, 1.165) is 0 Å². The van der Waals surface area contributed by atoms with Crippen LogP contribution < -0.4 is 0 Å². The zero-order chi connectivity index (χ0) is 18.4. The van der Waals surface area contributed by atoms with E-state index in [0.29, 0.717) is 22.6 Å². The van der Waals surface area contributed by atoms with Crippen LogP contribution in [-0.4, -0.2) is 54.2 Å². The molecule has 0 N–H and O–H groups in total. The summed E-state index contributed by atoms with van der Waals surface area (Å²) in [6.07, 6.45) is -5.32. The molecule has 1 aliphatic rings. The average Bonchev–Trinajstić information content (AvgIpc) is 2.96. The minimum absolute atomic E-state index is 0.0133. The Morgan fingerprint density at radius 1 is 1.32 bits per heavy atom. The lowest BCUT2D eigenvalue weighted by Gasteiger charge is -2.25. The number of amides is 2. The Morgan fingerprint density at radius 2 is 2.00 bits per heavy atom. The van der Waals surface area contributed by atoms with Crippen molar-refractivity contribution in [2.45, 2.75) is 19.1 Å². The predicted molar refractivity (Wildman–Crippen MR) is 80.2 cm³/mol. The van der Waals surface area contributed by atoms with Gasteiger partial charge in [-0.1, -0.05) is 12.1 Å². The summed E-state index contributed by atoms with van der Waals surface area (Å²) in [5.41, 5.74) is 0.863. The number of benzene rings is 1. The fourth-order valence-corrected chi connectivity index (χ4v) is 2.37. The fourth-order valence-electron chi connectivity index (χ4n) is 2.37. The minimum Gasteiger partial charge on any atom is -0.448 e. The number of carbonyl (C=O) groups is 2. The Morgan fingerprint density at radius 3 is 2.52 bits per heavy atom. The number of nitrogens with zero attached hydrogens (tertiary/aromatic N) is 3. The summed E-state index contributed by atoms with van der Waals surface area (Å²) in [6.45, 7) is -1.06. The van der Waals surface area contributed by atoms with Crippen LogP contribution in [0.15, 0.2) is 24.3 Å². The maximum Gasteiger partial charge on any atom is 0.409 e. The number of nitriles is 1. The van der Waals surface area contributed by atoms with Crippen molar-refractivity contribution < 1.29 is 27.5 Å². The molecule has 2 amide bonds. The molecular formula is C16H16F3N3O3. The lowest BCUT2D eigenvalue weighted by molar-refractivity contribution is -0.162. The van der Waals surface area contributed by atoms with E-state index in [2.05, 4.69) is 0 Å². The highest BCUT2D eigenvalue weighted by molar-refractivity contribution is 5.77. The highest BCUT2D eigenvalue weighted by atomic mass is 19.4. The number of rotatable bonds is 6. The number of cyclic esters (lactones) is 1. The van der Waals surface area contributed by atoms with Gasteiger partial charge in [0.1, 0.15) is 13.2 Å². The zero-order valence-electron chi connectivity index (χ0n) is 13.3. The molecular weight excluding hydrogens is 339 g/mol. The van der Waals surface area contributed by atoms with Crippen molar-refractivity contribution in [3.8, 4) is 6.07 Å². The predicted octanol–water partition coefficient (Wildman–Crippen LogP) is 2.29. The van der Waals surface area contributed by atoms with E-state index in [4.69, 9.17) is 10.00 Å². The van der Waals surface area contributed by atoms with E-state index in [1.54, 1.807) is 0 Å². The summed E-state index contributed by atoms with van der Waals surface area (Å²) in [4.78, 5) is 25.5.